The average Bonchev–Trinajstić information content (AvgIpc) is 2.18. The molecule has 0 unspecified atom stereocenters. The van der Waals surface area contributed by atoms with Gasteiger partial charge < -0.3 is 0 Å². The molecule has 0 saturated carbocycles. The lowest BCUT2D eigenvalue weighted by Crippen LogP contribution is -1.99. The molecule has 1 aromatic carbocycles. The number of nitriles is 1. The van der Waals surface area contributed by atoms with Crippen LogP contribution in [0.5, 0.6) is 0 Å². The number of hydrogen-bond donors (Lipinski definition) is 0. The van der Waals surface area contributed by atoms with Gasteiger partial charge in [0.15, 0.2) is 0 Å². The molecule has 1 aromatic rings. The lowest BCUT2D eigenvalue weighted by Gasteiger charge is -2.03. The van der Waals surface area contributed by atoms with Crippen LogP contribution >= 0.6 is 38.4 Å². The Morgan fingerprint density at radius 1 is 1.50 bits per heavy atom. The fourth-order valence-corrected chi connectivity index (χ4v) is 3.94. The molecule has 0 aromatic heterocycles. The van der Waals surface area contributed by atoms with Crippen LogP contribution < -0.4 is 0 Å². The van der Waals surface area contributed by atoms with Crippen molar-refractivity contribution < 1.29 is 8.42 Å². The number of nitrogens with zero attached hydrogens (tertiary/aromatic N) is 1. The van der Waals surface area contributed by atoms with Crippen LogP contribution in [0.2, 0.25) is 0 Å². The Hall–Kier alpha value is -0.220. The van der Waals surface area contributed by atoms with Crippen molar-refractivity contribution in [1.29, 1.82) is 5.26 Å². The second-order valence-electron chi connectivity index (χ2n) is 2.85. The van der Waals surface area contributed by atoms with E-state index in [4.69, 9.17) is 15.9 Å². The van der Waals surface area contributed by atoms with Crippen LogP contribution in [0.1, 0.15) is 5.56 Å². The zero-order chi connectivity index (χ0) is 12.2. The van der Waals surface area contributed by atoms with Gasteiger partial charge in [0, 0.05) is 25.8 Å². The van der Waals surface area contributed by atoms with Gasteiger partial charge in [0.25, 0.3) is 0 Å². The highest BCUT2D eigenvalue weighted by Gasteiger charge is 2.07. The van der Waals surface area contributed by atoms with Gasteiger partial charge in [-0.25, -0.2) is 8.42 Å². The van der Waals surface area contributed by atoms with Crippen molar-refractivity contribution >= 4 is 47.4 Å². The maximum atomic E-state index is 10.7. The van der Waals surface area contributed by atoms with Crippen LogP contribution in [0.15, 0.2) is 27.6 Å². The summed E-state index contributed by atoms with van der Waals surface area (Å²) < 4.78 is 22.2. The Balaban J connectivity index is 2.66. The quantitative estimate of drug-likeness (QED) is 0.624. The Labute approximate surface area is 111 Å². The van der Waals surface area contributed by atoms with Crippen molar-refractivity contribution in [2.24, 2.45) is 0 Å². The number of halogens is 2. The van der Waals surface area contributed by atoms with Crippen molar-refractivity contribution in [2.45, 2.75) is 4.90 Å². The highest BCUT2D eigenvalue weighted by atomic mass is 79.9. The third-order valence-electron chi connectivity index (χ3n) is 1.65. The van der Waals surface area contributed by atoms with Gasteiger partial charge in [-0.2, -0.15) is 5.26 Å². The maximum absolute atomic E-state index is 10.7. The van der Waals surface area contributed by atoms with Crippen molar-refractivity contribution in [3.8, 4) is 6.07 Å². The van der Waals surface area contributed by atoms with E-state index in [2.05, 4.69) is 15.9 Å². The molecule has 0 atom stereocenters. The van der Waals surface area contributed by atoms with Gasteiger partial charge in [-0.3, -0.25) is 0 Å². The van der Waals surface area contributed by atoms with Crippen LogP contribution in [-0.4, -0.2) is 19.9 Å². The summed E-state index contributed by atoms with van der Waals surface area (Å²) in [6.07, 6.45) is 0. The number of rotatable bonds is 4. The molecule has 7 heteroatoms. The highest BCUT2D eigenvalue weighted by Crippen LogP contribution is 2.28. The van der Waals surface area contributed by atoms with Crippen LogP contribution in [-0.2, 0) is 9.05 Å². The number of hydrogen-bond acceptors (Lipinski definition) is 4. The monoisotopic (exact) mass is 339 g/mol. The molecule has 0 saturated heterocycles. The first-order chi connectivity index (χ1) is 7.42. The lowest BCUT2D eigenvalue weighted by molar-refractivity contribution is 0.611. The lowest BCUT2D eigenvalue weighted by atomic mass is 10.2. The summed E-state index contributed by atoms with van der Waals surface area (Å²) in [6, 6.07) is 7.17. The topological polar surface area (TPSA) is 57.9 Å². The minimum absolute atomic E-state index is 0.0777. The Morgan fingerprint density at radius 3 is 2.69 bits per heavy atom. The first-order valence-corrected chi connectivity index (χ1v) is 8.43. The van der Waals surface area contributed by atoms with E-state index in [-0.39, 0.29) is 5.75 Å². The fraction of sp³-hybridized carbons (Fsp3) is 0.222. The molecule has 0 bridgehead atoms. The molecule has 0 N–H and O–H groups in total. The summed E-state index contributed by atoms with van der Waals surface area (Å²) >= 11 is 4.69. The zero-order valence-electron chi connectivity index (χ0n) is 7.98. The van der Waals surface area contributed by atoms with Gasteiger partial charge in [-0.15, -0.1) is 11.8 Å². The maximum Gasteiger partial charge on any atom is 0.233 e. The van der Waals surface area contributed by atoms with Crippen molar-refractivity contribution in [3.05, 3.63) is 28.2 Å². The van der Waals surface area contributed by atoms with Gasteiger partial charge in [0.2, 0.25) is 9.05 Å². The summed E-state index contributed by atoms with van der Waals surface area (Å²) in [7, 11) is 1.65. The van der Waals surface area contributed by atoms with E-state index in [1.165, 1.54) is 11.8 Å². The second kappa shape index (κ2) is 5.92. The predicted octanol–water partition coefficient (Wildman–Crippen LogP) is 2.98. The molecule has 0 spiro atoms. The van der Waals surface area contributed by atoms with Crippen molar-refractivity contribution in [3.63, 3.8) is 0 Å². The minimum Gasteiger partial charge on any atom is -0.212 e. The van der Waals surface area contributed by atoms with Crippen LogP contribution in [0.25, 0.3) is 0 Å². The van der Waals surface area contributed by atoms with E-state index in [0.717, 1.165) is 9.37 Å². The summed E-state index contributed by atoms with van der Waals surface area (Å²) in [6.45, 7) is 0. The molecular weight excluding hydrogens is 334 g/mol. The average molecular weight is 341 g/mol. The van der Waals surface area contributed by atoms with Gasteiger partial charge in [-0.05, 0) is 34.1 Å². The highest BCUT2D eigenvalue weighted by molar-refractivity contribution is 9.10. The normalized spacial score (nSPS) is 11.1. The molecule has 0 heterocycles. The Morgan fingerprint density at radius 2 is 2.19 bits per heavy atom. The molecule has 0 radical (unpaired) electrons. The SMILES string of the molecule is N#Cc1ccc(SCCS(=O)(=O)Cl)c(Br)c1. The van der Waals surface area contributed by atoms with Crippen molar-refractivity contribution in [1.82, 2.24) is 0 Å². The first-order valence-electron chi connectivity index (χ1n) is 4.17. The van der Waals surface area contributed by atoms with E-state index in [0.29, 0.717) is 11.3 Å². The number of thioether (sulfide) groups is 1. The molecule has 0 aliphatic rings. The van der Waals surface area contributed by atoms with Crippen LogP contribution in [0.4, 0.5) is 0 Å². The summed E-state index contributed by atoms with van der Waals surface area (Å²) in [5, 5.41) is 8.66. The number of benzene rings is 1. The summed E-state index contributed by atoms with van der Waals surface area (Å²) in [5.41, 5.74) is 0.557. The molecule has 0 fully saturated rings. The standard InChI is InChI=1S/C9H7BrClNO2S2/c10-8-5-7(6-12)1-2-9(8)15-3-4-16(11,13)14/h1-2,5H,3-4H2. The van der Waals surface area contributed by atoms with Crippen molar-refractivity contribution in [2.75, 3.05) is 11.5 Å². The van der Waals surface area contributed by atoms with E-state index < -0.39 is 9.05 Å². The zero-order valence-corrected chi connectivity index (χ0v) is 12.0. The molecule has 0 aliphatic carbocycles. The van der Waals surface area contributed by atoms with Gasteiger partial charge in [-0.1, -0.05) is 0 Å². The second-order valence-corrected chi connectivity index (χ2v) is 7.74. The minimum atomic E-state index is -3.44. The van der Waals surface area contributed by atoms with E-state index in [1.807, 2.05) is 6.07 Å². The van der Waals surface area contributed by atoms with E-state index >= 15 is 0 Å². The smallest absolute Gasteiger partial charge is 0.212 e. The Kier molecular flexibility index (Phi) is 5.12. The summed E-state index contributed by atoms with van der Waals surface area (Å²) in [5.74, 6) is 0.308. The third kappa shape index (κ3) is 4.74. The van der Waals surface area contributed by atoms with Gasteiger partial charge >= 0.3 is 0 Å². The molecule has 1 rings (SSSR count). The van der Waals surface area contributed by atoms with Gasteiger partial charge in [0.1, 0.15) is 0 Å². The largest absolute Gasteiger partial charge is 0.233 e. The molecule has 0 amide bonds. The van der Waals surface area contributed by atoms with E-state index in [9.17, 15) is 8.42 Å². The van der Waals surface area contributed by atoms with Crippen LogP contribution in [0, 0.1) is 11.3 Å². The van der Waals surface area contributed by atoms with Gasteiger partial charge in [0.05, 0.1) is 17.4 Å². The van der Waals surface area contributed by atoms with E-state index in [1.54, 1.807) is 18.2 Å². The third-order valence-corrected chi connectivity index (χ3v) is 5.05. The molecular formula is C9H7BrClNO2S2. The Bertz CT molecular complexity index is 525. The summed E-state index contributed by atoms with van der Waals surface area (Å²) in [4.78, 5) is 0.888. The fourth-order valence-electron chi connectivity index (χ4n) is 0.939. The van der Waals surface area contributed by atoms with Crippen LogP contribution in [0.3, 0.4) is 0 Å². The molecule has 16 heavy (non-hydrogen) atoms. The first kappa shape index (κ1) is 13.8. The molecule has 3 nitrogen and oxygen atoms in total. The molecule has 0 aliphatic heterocycles. The molecule has 86 valence electrons. The predicted molar refractivity (Wildman–Crippen MR) is 69.2 cm³/mol.